The zero-order valence-corrected chi connectivity index (χ0v) is 17.3. The number of nitrogens with zero attached hydrogens (tertiary/aromatic N) is 2. The van der Waals surface area contributed by atoms with E-state index in [1.165, 1.54) is 25.6 Å². The Morgan fingerprint density at radius 3 is 2.77 bits per heavy atom. The fraction of sp³-hybridized carbons (Fsp3) is 0.375. The highest BCUT2D eigenvalue weighted by atomic mass is 16.7. The van der Waals surface area contributed by atoms with Gasteiger partial charge in [0, 0.05) is 25.5 Å². The van der Waals surface area contributed by atoms with Gasteiger partial charge in [0.25, 0.3) is 5.91 Å². The zero-order valence-electron chi connectivity index (χ0n) is 17.3. The second-order valence-electron chi connectivity index (χ2n) is 8.33. The van der Waals surface area contributed by atoms with Crippen molar-refractivity contribution in [1.29, 1.82) is 0 Å². The van der Waals surface area contributed by atoms with Crippen molar-refractivity contribution in [3.63, 3.8) is 0 Å². The topological polar surface area (TPSA) is 78.0 Å². The number of pyridine rings is 1. The average molecular weight is 420 g/mol. The van der Waals surface area contributed by atoms with Crippen LogP contribution in [-0.4, -0.2) is 42.2 Å². The lowest BCUT2D eigenvalue weighted by Crippen LogP contribution is -2.37. The number of hydrogen-bond acceptors (Lipinski definition) is 6. The molecule has 7 nitrogen and oxygen atoms in total. The van der Waals surface area contributed by atoms with E-state index in [-0.39, 0.29) is 23.8 Å². The van der Waals surface area contributed by atoms with Crippen molar-refractivity contribution in [2.24, 2.45) is 17.8 Å². The minimum Gasteiger partial charge on any atom is -0.465 e. The summed E-state index contributed by atoms with van der Waals surface area (Å²) in [6.45, 7) is 1.23. The molecular weight excluding hydrogens is 396 g/mol. The van der Waals surface area contributed by atoms with Crippen molar-refractivity contribution in [2.45, 2.75) is 19.4 Å². The van der Waals surface area contributed by atoms with Crippen LogP contribution in [0.4, 0.5) is 0 Å². The van der Waals surface area contributed by atoms with Crippen LogP contribution in [0.2, 0.25) is 0 Å². The highest BCUT2D eigenvalue weighted by Crippen LogP contribution is 2.44. The van der Waals surface area contributed by atoms with Crippen molar-refractivity contribution in [3.05, 3.63) is 65.5 Å². The maximum absolute atomic E-state index is 13.6. The van der Waals surface area contributed by atoms with Crippen molar-refractivity contribution < 1.29 is 23.8 Å². The van der Waals surface area contributed by atoms with Crippen LogP contribution in [0.5, 0.6) is 11.5 Å². The monoisotopic (exact) mass is 420 g/mol. The average Bonchev–Trinajstić information content (AvgIpc) is 3.54. The minimum atomic E-state index is -0.545. The molecule has 31 heavy (non-hydrogen) atoms. The van der Waals surface area contributed by atoms with Gasteiger partial charge in [-0.25, -0.2) is 4.79 Å². The molecule has 1 fully saturated rings. The molecule has 2 aliphatic carbocycles. The highest BCUT2D eigenvalue weighted by molar-refractivity contribution is 6.05. The number of aromatic nitrogens is 1. The van der Waals surface area contributed by atoms with Crippen molar-refractivity contribution in [2.75, 3.05) is 20.4 Å². The Morgan fingerprint density at radius 2 is 2.00 bits per heavy atom. The Morgan fingerprint density at radius 1 is 1.13 bits per heavy atom. The number of ether oxygens (including phenoxy) is 3. The van der Waals surface area contributed by atoms with Gasteiger partial charge >= 0.3 is 5.97 Å². The van der Waals surface area contributed by atoms with Gasteiger partial charge in [0.2, 0.25) is 6.79 Å². The van der Waals surface area contributed by atoms with Crippen LogP contribution in [0.3, 0.4) is 0 Å². The summed E-state index contributed by atoms with van der Waals surface area (Å²) in [5.74, 6) is 2.15. The smallest absolute Gasteiger partial charge is 0.338 e. The molecule has 1 aromatic carbocycles. The first-order valence-corrected chi connectivity index (χ1v) is 10.5. The summed E-state index contributed by atoms with van der Waals surface area (Å²) in [5.41, 5.74) is 1.43. The van der Waals surface area contributed by atoms with E-state index in [0.717, 1.165) is 18.4 Å². The number of amides is 1. The van der Waals surface area contributed by atoms with E-state index >= 15 is 0 Å². The van der Waals surface area contributed by atoms with Gasteiger partial charge in [0.1, 0.15) is 0 Å². The Hall–Kier alpha value is -3.35. The van der Waals surface area contributed by atoms with Crippen LogP contribution in [0.15, 0.2) is 48.8 Å². The third-order valence-corrected chi connectivity index (χ3v) is 6.43. The second kappa shape index (κ2) is 8.06. The van der Waals surface area contributed by atoms with Gasteiger partial charge in [-0.05, 0) is 54.4 Å². The summed E-state index contributed by atoms with van der Waals surface area (Å²) in [5, 5.41) is 0. The number of rotatable bonds is 6. The molecule has 0 saturated heterocycles. The summed E-state index contributed by atoms with van der Waals surface area (Å²) in [6, 6.07) is 7.25. The molecule has 5 rings (SSSR count). The number of allylic oxidation sites excluding steroid dienone is 2. The Kier molecular flexibility index (Phi) is 5.10. The molecule has 0 unspecified atom stereocenters. The van der Waals surface area contributed by atoms with E-state index in [1.54, 1.807) is 0 Å². The fourth-order valence-electron chi connectivity index (χ4n) is 4.89. The number of carbonyl (C=O) groups is 2. The SMILES string of the molecule is COC(=O)c1ccncc1C(=O)N(Cc1ccc2c(c1)OCO2)C[C@@H]1C[C@H]2C=C[C@@H]1C2. The molecule has 1 aromatic heterocycles. The van der Waals surface area contributed by atoms with Crippen molar-refractivity contribution in [3.8, 4) is 11.5 Å². The van der Waals surface area contributed by atoms with E-state index < -0.39 is 5.97 Å². The van der Waals surface area contributed by atoms with Gasteiger partial charge in [-0.3, -0.25) is 9.78 Å². The van der Waals surface area contributed by atoms with Gasteiger partial charge in [-0.2, -0.15) is 0 Å². The Labute approximate surface area is 180 Å². The third kappa shape index (κ3) is 3.76. The summed E-state index contributed by atoms with van der Waals surface area (Å²) in [7, 11) is 1.31. The molecule has 0 N–H and O–H groups in total. The van der Waals surface area contributed by atoms with Crippen LogP contribution in [0, 0.1) is 17.8 Å². The predicted molar refractivity (Wildman–Crippen MR) is 112 cm³/mol. The van der Waals surface area contributed by atoms with Crippen LogP contribution in [0.1, 0.15) is 39.1 Å². The maximum Gasteiger partial charge on any atom is 0.338 e. The summed E-state index contributed by atoms with van der Waals surface area (Å²) < 4.78 is 15.8. The number of esters is 1. The number of fused-ring (bicyclic) bond motifs is 3. The lowest BCUT2D eigenvalue weighted by Gasteiger charge is -2.29. The van der Waals surface area contributed by atoms with E-state index in [9.17, 15) is 9.59 Å². The molecule has 7 heteroatoms. The molecule has 0 radical (unpaired) electrons. The van der Waals surface area contributed by atoms with Crippen LogP contribution < -0.4 is 9.47 Å². The van der Waals surface area contributed by atoms with E-state index in [2.05, 4.69) is 17.1 Å². The minimum absolute atomic E-state index is 0.205. The largest absolute Gasteiger partial charge is 0.465 e. The highest BCUT2D eigenvalue weighted by Gasteiger charge is 2.37. The number of carbonyl (C=O) groups excluding carboxylic acids is 2. The molecule has 160 valence electrons. The van der Waals surface area contributed by atoms with E-state index in [0.29, 0.717) is 42.3 Å². The molecule has 1 saturated carbocycles. The standard InChI is InChI=1S/C24H24N2O5/c1-29-24(28)19-6-7-25-11-20(19)23(27)26(13-18-9-15-2-4-17(18)8-15)12-16-3-5-21-22(10-16)31-14-30-21/h2-7,10-11,15,17-18H,8-9,12-14H2,1H3/t15-,17+,18-/m0/s1. The first-order valence-electron chi connectivity index (χ1n) is 10.5. The summed E-state index contributed by atoms with van der Waals surface area (Å²) >= 11 is 0. The molecular formula is C24H24N2O5. The molecule has 0 spiro atoms. The van der Waals surface area contributed by atoms with Crippen molar-refractivity contribution in [1.82, 2.24) is 9.88 Å². The van der Waals surface area contributed by atoms with Crippen molar-refractivity contribution >= 4 is 11.9 Å². The quantitative estimate of drug-likeness (QED) is 0.526. The van der Waals surface area contributed by atoms with Gasteiger partial charge in [0.15, 0.2) is 11.5 Å². The number of methoxy groups -OCH3 is 1. The second-order valence-corrected chi connectivity index (χ2v) is 8.33. The Bertz CT molecular complexity index is 1050. The lowest BCUT2D eigenvalue weighted by molar-refractivity contribution is 0.0585. The molecule has 2 bridgehead atoms. The lowest BCUT2D eigenvalue weighted by atomic mass is 9.92. The molecule has 2 aromatic rings. The van der Waals surface area contributed by atoms with E-state index in [1.807, 2.05) is 23.1 Å². The fourth-order valence-corrected chi connectivity index (χ4v) is 4.89. The summed E-state index contributed by atoms with van der Waals surface area (Å²) in [4.78, 5) is 31.8. The molecule has 2 heterocycles. The van der Waals surface area contributed by atoms with Gasteiger partial charge in [-0.15, -0.1) is 0 Å². The first-order chi connectivity index (χ1) is 15.1. The van der Waals surface area contributed by atoms with E-state index in [4.69, 9.17) is 14.2 Å². The maximum atomic E-state index is 13.6. The molecule has 3 atom stereocenters. The molecule has 1 aliphatic heterocycles. The van der Waals surface area contributed by atoms with Crippen LogP contribution in [-0.2, 0) is 11.3 Å². The molecule has 1 amide bonds. The number of hydrogen-bond donors (Lipinski definition) is 0. The number of benzene rings is 1. The van der Waals surface area contributed by atoms with Gasteiger partial charge in [-0.1, -0.05) is 18.2 Å². The predicted octanol–water partition coefficient (Wildman–Crippen LogP) is 3.45. The molecule has 3 aliphatic rings. The third-order valence-electron chi connectivity index (χ3n) is 6.43. The Balaban J connectivity index is 1.44. The van der Waals surface area contributed by atoms with Crippen LogP contribution in [0.25, 0.3) is 0 Å². The van der Waals surface area contributed by atoms with Gasteiger partial charge < -0.3 is 19.1 Å². The zero-order chi connectivity index (χ0) is 21.4. The van der Waals surface area contributed by atoms with Crippen LogP contribution >= 0.6 is 0 Å². The summed E-state index contributed by atoms with van der Waals surface area (Å²) in [6.07, 6.45) is 9.77. The first kappa shape index (κ1) is 19.6. The normalized spacial score (nSPS) is 22.5. The van der Waals surface area contributed by atoms with Gasteiger partial charge in [0.05, 0.1) is 18.2 Å².